The van der Waals surface area contributed by atoms with E-state index in [9.17, 15) is 10.5 Å². The van der Waals surface area contributed by atoms with Gasteiger partial charge in [0.15, 0.2) is 0 Å². The molecule has 0 fully saturated rings. The summed E-state index contributed by atoms with van der Waals surface area (Å²) in [5.41, 5.74) is 28.6. The SMILES string of the molecule is CC(C)(C)c1cc(-c2ccccc2)c(N2c3cc(-n4c5ccccc5c5cc(C#N)ccc54)ccc3B3c4ccc(-n5c6ccccc6c6cc(C#N)ccc65)cc4N(c4c(-c5ccccc5)cc(C(C)(C)C)cc4-c4ccccc4)c4cccc2c43)c(-c2ccccc2)c1. The Morgan fingerprint density at radius 1 is 0.305 bits per heavy atom. The molecule has 95 heavy (non-hydrogen) atoms. The molecular weight excluding hydrogens is 1150 g/mol. The lowest BCUT2D eigenvalue weighted by molar-refractivity contribution is 0.590. The Bertz CT molecular complexity index is 5250. The van der Waals surface area contributed by atoms with Crippen molar-refractivity contribution in [3.05, 3.63) is 307 Å². The smallest absolute Gasteiger partial charge is 0.252 e. The van der Waals surface area contributed by atoms with Crippen LogP contribution in [-0.2, 0) is 10.8 Å². The number of hydrogen-bond donors (Lipinski definition) is 0. The zero-order valence-electron chi connectivity index (χ0n) is 53.9. The van der Waals surface area contributed by atoms with Gasteiger partial charge in [0.2, 0.25) is 0 Å². The Balaban J connectivity index is 1.04. The lowest BCUT2D eigenvalue weighted by atomic mass is 9.33. The molecule has 0 atom stereocenters. The topological polar surface area (TPSA) is 63.9 Å². The molecule has 0 amide bonds. The summed E-state index contributed by atoms with van der Waals surface area (Å²) in [4.78, 5) is 5.24. The maximum atomic E-state index is 10.3. The number of fused-ring (bicyclic) bond motifs is 10. The van der Waals surface area contributed by atoms with Gasteiger partial charge in [-0.1, -0.05) is 217 Å². The average molecular weight is 1220 g/mol. The maximum Gasteiger partial charge on any atom is 0.252 e. The van der Waals surface area contributed by atoms with Crippen LogP contribution in [0.25, 0.3) is 99.5 Å². The molecule has 450 valence electrons. The summed E-state index contributed by atoms with van der Waals surface area (Å²) in [5, 5.41) is 24.8. The van der Waals surface area contributed by atoms with Crippen molar-refractivity contribution in [2.75, 3.05) is 9.80 Å². The molecule has 17 rings (SSSR count). The number of aromatic nitrogens is 2. The van der Waals surface area contributed by atoms with Crippen LogP contribution in [0.1, 0.15) is 63.8 Å². The predicted molar refractivity (Wildman–Crippen MR) is 398 cm³/mol. The first-order valence-electron chi connectivity index (χ1n) is 32.8. The number of nitrogens with zero attached hydrogens (tertiary/aromatic N) is 6. The number of hydrogen-bond acceptors (Lipinski definition) is 4. The fourth-order valence-corrected chi connectivity index (χ4v) is 15.3. The first kappa shape index (κ1) is 57.0. The minimum Gasteiger partial charge on any atom is -0.310 e. The first-order chi connectivity index (χ1) is 46.3. The summed E-state index contributed by atoms with van der Waals surface area (Å²) in [6.07, 6.45) is 0. The standard InChI is InChI=1S/C88H65BN6/c1-87(2,3)62-48-68(58-24-11-7-12-25-58)85(69(49-62)59-26-13-8-14-27-59)94-80-36-23-37-81-84(80)89(74-42-40-64(52-82(74)94)92-76-34-21-19-32-66(76)72-46-56(54-90)38-44-78(72)92)75-43-41-65(93-77-35-22-20-33-67(77)73-47-57(55-91)39-45-79(73)93)53-83(75)95(81)86-70(60-28-15-9-16-29-60)50-63(88(4,5)6)51-71(86)61-30-17-10-18-31-61/h7-53H,1-6H3. The van der Waals surface area contributed by atoms with Crippen molar-refractivity contribution in [1.29, 1.82) is 10.5 Å². The molecule has 13 aromatic carbocycles. The number of para-hydroxylation sites is 2. The molecule has 6 nitrogen and oxygen atoms in total. The van der Waals surface area contributed by atoms with E-state index in [2.05, 4.69) is 333 Å². The van der Waals surface area contributed by atoms with Gasteiger partial charge in [-0.05, 0) is 170 Å². The van der Waals surface area contributed by atoms with E-state index in [1.165, 1.54) is 27.5 Å². The van der Waals surface area contributed by atoms with Crippen molar-refractivity contribution in [2.45, 2.75) is 52.4 Å². The molecule has 2 aromatic heterocycles. The number of anilines is 6. The zero-order valence-corrected chi connectivity index (χ0v) is 53.9. The normalized spacial score (nSPS) is 12.7. The van der Waals surface area contributed by atoms with Crippen LogP contribution in [0, 0.1) is 22.7 Å². The Kier molecular flexibility index (Phi) is 13.1. The fourth-order valence-electron chi connectivity index (χ4n) is 15.3. The van der Waals surface area contributed by atoms with Gasteiger partial charge in [0.05, 0.1) is 56.7 Å². The number of benzene rings is 13. The predicted octanol–water partition coefficient (Wildman–Crippen LogP) is 21.0. The monoisotopic (exact) mass is 1220 g/mol. The summed E-state index contributed by atoms with van der Waals surface area (Å²) in [6.45, 7) is 13.7. The maximum absolute atomic E-state index is 10.3. The second kappa shape index (κ2) is 21.9. The first-order valence-corrected chi connectivity index (χ1v) is 32.8. The summed E-state index contributed by atoms with van der Waals surface area (Å²) in [7, 11) is 0. The molecule has 4 heterocycles. The Hall–Kier alpha value is -11.9. The van der Waals surface area contributed by atoms with Gasteiger partial charge in [0.1, 0.15) is 0 Å². The largest absolute Gasteiger partial charge is 0.310 e. The van der Waals surface area contributed by atoms with E-state index < -0.39 is 0 Å². The van der Waals surface area contributed by atoms with Crippen molar-refractivity contribution < 1.29 is 0 Å². The van der Waals surface area contributed by atoms with E-state index in [0.29, 0.717) is 11.1 Å². The minimum atomic E-state index is -0.266. The van der Waals surface area contributed by atoms with Crippen LogP contribution in [0.15, 0.2) is 285 Å². The van der Waals surface area contributed by atoms with Gasteiger partial charge in [-0.25, -0.2) is 0 Å². The minimum absolute atomic E-state index is 0.200. The lowest BCUT2D eigenvalue weighted by Gasteiger charge is -2.46. The second-order valence-electron chi connectivity index (χ2n) is 27.5. The van der Waals surface area contributed by atoms with Crippen molar-refractivity contribution >= 4 is 101 Å². The van der Waals surface area contributed by atoms with E-state index >= 15 is 0 Å². The van der Waals surface area contributed by atoms with Gasteiger partial charge in [0.25, 0.3) is 6.71 Å². The second-order valence-corrected chi connectivity index (χ2v) is 27.5. The molecule has 7 heteroatoms. The molecule has 0 aliphatic carbocycles. The zero-order chi connectivity index (χ0) is 64.4. The highest BCUT2D eigenvalue weighted by atomic mass is 15.2. The molecule has 0 bridgehead atoms. The highest BCUT2D eigenvalue weighted by Crippen LogP contribution is 2.55. The van der Waals surface area contributed by atoms with E-state index in [1.54, 1.807) is 0 Å². The van der Waals surface area contributed by atoms with Gasteiger partial charge < -0.3 is 18.9 Å². The van der Waals surface area contributed by atoms with E-state index in [4.69, 9.17) is 0 Å². The third kappa shape index (κ3) is 9.14. The number of nitriles is 2. The van der Waals surface area contributed by atoms with Crippen LogP contribution in [0.5, 0.6) is 0 Å². The van der Waals surface area contributed by atoms with Crippen molar-refractivity contribution in [3.8, 4) is 68.0 Å². The van der Waals surface area contributed by atoms with Crippen LogP contribution in [0.4, 0.5) is 34.1 Å². The molecule has 0 unspecified atom stereocenters. The molecule has 0 saturated heterocycles. The Morgan fingerprint density at radius 3 is 0.989 bits per heavy atom. The van der Waals surface area contributed by atoms with Crippen molar-refractivity contribution in [1.82, 2.24) is 9.13 Å². The molecule has 0 radical (unpaired) electrons. The quantitative estimate of drug-likeness (QED) is 0.142. The van der Waals surface area contributed by atoms with Crippen LogP contribution in [0.3, 0.4) is 0 Å². The molecule has 0 saturated carbocycles. The van der Waals surface area contributed by atoms with Crippen molar-refractivity contribution in [3.63, 3.8) is 0 Å². The van der Waals surface area contributed by atoms with E-state index in [1.807, 2.05) is 24.3 Å². The van der Waals surface area contributed by atoms with Gasteiger partial charge in [-0.15, -0.1) is 0 Å². The van der Waals surface area contributed by atoms with Crippen LogP contribution in [-0.4, -0.2) is 15.8 Å². The summed E-state index contributed by atoms with van der Waals surface area (Å²) in [5.74, 6) is 0. The van der Waals surface area contributed by atoms with Gasteiger partial charge in [-0.2, -0.15) is 10.5 Å². The van der Waals surface area contributed by atoms with Crippen LogP contribution in [0.2, 0.25) is 0 Å². The Labute approximate surface area is 554 Å². The average Bonchev–Trinajstić information content (AvgIpc) is 1.14. The molecular formula is C88H65BN6. The highest BCUT2D eigenvalue weighted by Gasteiger charge is 2.46. The third-order valence-electron chi connectivity index (χ3n) is 19.8. The molecule has 0 spiro atoms. The fraction of sp³-hybridized carbons (Fsp3) is 0.0909. The van der Waals surface area contributed by atoms with Gasteiger partial charge >= 0.3 is 0 Å². The van der Waals surface area contributed by atoms with Crippen molar-refractivity contribution in [2.24, 2.45) is 0 Å². The van der Waals surface area contributed by atoms with Crippen LogP contribution < -0.4 is 26.2 Å². The van der Waals surface area contributed by atoms with Gasteiger partial charge in [-0.3, -0.25) is 0 Å². The molecule has 0 N–H and O–H groups in total. The Morgan fingerprint density at radius 2 is 0.642 bits per heavy atom. The third-order valence-corrected chi connectivity index (χ3v) is 19.8. The number of rotatable bonds is 8. The van der Waals surface area contributed by atoms with E-state index in [-0.39, 0.29) is 17.5 Å². The molecule has 2 aliphatic rings. The van der Waals surface area contributed by atoms with Gasteiger partial charge in [0, 0.05) is 77.9 Å². The molecule has 15 aromatic rings. The summed E-state index contributed by atoms with van der Waals surface area (Å²) < 4.78 is 4.78. The van der Waals surface area contributed by atoms with E-state index in [0.717, 1.165) is 134 Å². The van der Waals surface area contributed by atoms with Crippen LogP contribution >= 0.6 is 0 Å². The molecule has 2 aliphatic heterocycles. The summed E-state index contributed by atoms with van der Waals surface area (Å²) in [6, 6.07) is 109. The summed E-state index contributed by atoms with van der Waals surface area (Å²) >= 11 is 0. The lowest BCUT2D eigenvalue weighted by Crippen LogP contribution is -2.61. The highest BCUT2D eigenvalue weighted by molar-refractivity contribution is 7.00.